The molecule has 0 aromatic carbocycles. The predicted octanol–water partition coefficient (Wildman–Crippen LogP) is 3.40. The SMILES string of the molecule is CCNC(=NCC1(SC)CCOCC1)NC1CCN(c2ncccc2Cl)C1.I. The number of ether oxygens (including phenoxy) is 1. The third-order valence-corrected chi connectivity index (χ3v) is 6.97. The number of aromatic nitrogens is 1. The topological polar surface area (TPSA) is 61.8 Å². The summed E-state index contributed by atoms with van der Waals surface area (Å²) < 4.78 is 5.73. The Hall–Kier alpha value is -0.450. The molecule has 1 aromatic heterocycles. The molecule has 2 fully saturated rings. The molecule has 0 amide bonds. The van der Waals surface area contributed by atoms with Crippen LogP contribution >= 0.6 is 47.3 Å². The summed E-state index contributed by atoms with van der Waals surface area (Å²) in [6.07, 6.45) is 7.15. The first kappa shape index (κ1) is 23.8. The van der Waals surface area contributed by atoms with Gasteiger partial charge in [-0.2, -0.15) is 11.8 Å². The second-order valence-corrected chi connectivity index (χ2v) is 8.76. The van der Waals surface area contributed by atoms with E-state index >= 15 is 0 Å². The molecule has 0 spiro atoms. The molecular formula is C19H31ClIN5OS. The van der Waals surface area contributed by atoms with E-state index in [1.807, 2.05) is 23.9 Å². The molecule has 2 saturated heterocycles. The molecule has 2 N–H and O–H groups in total. The second kappa shape index (κ2) is 11.7. The zero-order valence-corrected chi connectivity index (χ0v) is 20.5. The van der Waals surface area contributed by atoms with Crippen LogP contribution in [0.4, 0.5) is 5.82 Å². The third-order valence-electron chi connectivity index (χ3n) is 5.27. The van der Waals surface area contributed by atoms with Gasteiger partial charge in [0.05, 0.1) is 11.6 Å². The molecule has 2 aliphatic heterocycles. The smallest absolute Gasteiger partial charge is 0.191 e. The number of nitrogens with one attached hydrogen (secondary N) is 2. The molecule has 0 aliphatic carbocycles. The van der Waals surface area contributed by atoms with Gasteiger partial charge in [0.1, 0.15) is 5.82 Å². The van der Waals surface area contributed by atoms with Crippen molar-refractivity contribution >= 4 is 59.1 Å². The van der Waals surface area contributed by atoms with Gasteiger partial charge in [-0.3, -0.25) is 4.99 Å². The van der Waals surface area contributed by atoms with Gasteiger partial charge < -0.3 is 20.3 Å². The monoisotopic (exact) mass is 539 g/mol. The largest absolute Gasteiger partial charge is 0.381 e. The average molecular weight is 540 g/mol. The van der Waals surface area contributed by atoms with Crippen molar-refractivity contribution in [1.29, 1.82) is 0 Å². The fourth-order valence-corrected chi connectivity index (χ4v) is 4.60. The Balaban J connectivity index is 0.00000280. The van der Waals surface area contributed by atoms with Crippen LogP contribution in [0.5, 0.6) is 0 Å². The van der Waals surface area contributed by atoms with Crippen molar-refractivity contribution in [3.05, 3.63) is 23.4 Å². The molecular weight excluding hydrogens is 509 g/mol. The number of anilines is 1. The van der Waals surface area contributed by atoms with E-state index in [4.69, 9.17) is 21.3 Å². The molecule has 0 radical (unpaired) electrons. The molecule has 6 nitrogen and oxygen atoms in total. The minimum Gasteiger partial charge on any atom is -0.381 e. The first-order chi connectivity index (χ1) is 13.2. The van der Waals surface area contributed by atoms with E-state index in [0.29, 0.717) is 11.1 Å². The molecule has 3 rings (SSSR count). The third kappa shape index (κ3) is 6.27. The van der Waals surface area contributed by atoms with Crippen LogP contribution in [0.25, 0.3) is 0 Å². The Bertz CT molecular complexity index is 645. The highest BCUT2D eigenvalue weighted by Gasteiger charge is 2.32. The lowest BCUT2D eigenvalue weighted by Gasteiger charge is -2.34. The Morgan fingerprint density at radius 1 is 1.46 bits per heavy atom. The van der Waals surface area contributed by atoms with Gasteiger partial charge in [-0.05, 0) is 44.6 Å². The highest BCUT2D eigenvalue weighted by molar-refractivity contribution is 14.0. The summed E-state index contributed by atoms with van der Waals surface area (Å²) in [4.78, 5) is 11.6. The Morgan fingerprint density at radius 2 is 2.25 bits per heavy atom. The van der Waals surface area contributed by atoms with Gasteiger partial charge in [-0.1, -0.05) is 11.6 Å². The summed E-state index contributed by atoms with van der Waals surface area (Å²) in [5.41, 5.74) is 0. The van der Waals surface area contributed by atoms with Crippen molar-refractivity contribution in [3.63, 3.8) is 0 Å². The lowest BCUT2D eigenvalue weighted by Crippen LogP contribution is -2.46. The maximum atomic E-state index is 6.30. The molecule has 3 heterocycles. The maximum Gasteiger partial charge on any atom is 0.191 e. The minimum atomic E-state index is 0. The van der Waals surface area contributed by atoms with Gasteiger partial charge in [0, 0.05) is 49.8 Å². The Labute approximate surface area is 194 Å². The predicted molar refractivity (Wildman–Crippen MR) is 131 cm³/mol. The summed E-state index contributed by atoms with van der Waals surface area (Å²) in [6.45, 7) is 7.26. The van der Waals surface area contributed by atoms with Gasteiger partial charge in [-0.15, -0.1) is 24.0 Å². The normalized spacial score (nSPS) is 21.9. The average Bonchev–Trinajstić information content (AvgIpc) is 3.16. The van der Waals surface area contributed by atoms with E-state index in [1.165, 1.54) is 0 Å². The first-order valence-electron chi connectivity index (χ1n) is 9.69. The van der Waals surface area contributed by atoms with Crippen LogP contribution in [0, 0.1) is 0 Å². The van der Waals surface area contributed by atoms with E-state index in [2.05, 4.69) is 33.7 Å². The molecule has 0 saturated carbocycles. The van der Waals surface area contributed by atoms with Crippen molar-refractivity contribution in [2.75, 3.05) is 50.5 Å². The van der Waals surface area contributed by atoms with E-state index < -0.39 is 0 Å². The number of thioether (sulfide) groups is 1. The fourth-order valence-electron chi connectivity index (χ4n) is 3.59. The summed E-state index contributed by atoms with van der Waals surface area (Å²) in [5, 5.41) is 7.71. The van der Waals surface area contributed by atoms with Gasteiger partial charge in [0.2, 0.25) is 0 Å². The first-order valence-corrected chi connectivity index (χ1v) is 11.3. The van der Waals surface area contributed by atoms with Crippen molar-refractivity contribution < 1.29 is 4.74 Å². The highest BCUT2D eigenvalue weighted by Crippen LogP contribution is 2.34. The van der Waals surface area contributed by atoms with Gasteiger partial charge in [0.25, 0.3) is 0 Å². The standard InChI is InChI=1S/C19H30ClN5OS.HI/c1-3-21-18(23-14-19(27-2)7-11-26-12-8-19)24-15-6-10-25(13-15)17-16(20)5-4-9-22-17;/h4-5,9,15H,3,6-8,10-14H2,1-2H3,(H2,21,23,24);1H. The summed E-state index contributed by atoms with van der Waals surface area (Å²) >= 11 is 8.22. The number of hydrogen-bond donors (Lipinski definition) is 2. The van der Waals surface area contributed by atoms with E-state index in [9.17, 15) is 0 Å². The van der Waals surface area contributed by atoms with Crippen molar-refractivity contribution in [3.8, 4) is 0 Å². The van der Waals surface area contributed by atoms with E-state index in [-0.39, 0.29) is 28.7 Å². The van der Waals surface area contributed by atoms with Gasteiger partial charge in [-0.25, -0.2) is 4.98 Å². The van der Waals surface area contributed by atoms with Crippen LogP contribution in [-0.4, -0.2) is 67.4 Å². The van der Waals surface area contributed by atoms with Crippen LogP contribution < -0.4 is 15.5 Å². The van der Waals surface area contributed by atoms with Crippen LogP contribution in [-0.2, 0) is 4.74 Å². The lowest BCUT2D eigenvalue weighted by atomic mass is 9.99. The lowest BCUT2D eigenvalue weighted by molar-refractivity contribution is 0.0794. The highest BCUT2D eigenvalue weighted by atomic mass is 127. The number of rotatable bonds is 6. The minimum absolute atomic E-state index is 0. The molecule has 2 aliphatic rings. The molecule has 1 atom stereocenters. The Morgan fingerprint density at radius 3 is 2.93 bits per heavy atom. The number of pyridine rings is 1. The molecule has 9 heteroatoms. The summed E-state index contributed by atoms with van der Waals surface area (Å²) in [7, 11) is 0. The maximum absolute atomic E-state index is 6.30. The van der Waals surface area contributed by atoms with Crippen LogP contribution in [0.3, 0.4) is 0 Å². The van der Waals surface area contributed by atoms with Gasteiger partial charge in [0.15, 0.2) is 5.96 Å². The van der Waals surface area contributed by atoms with E-state index in [1.54, 1.807) is 6.20 Å². The zero-order chi connectivity index (χ0) is 19.1. The van der Waals surface area contributed by atoms with E-state index in [0.717, 1.165) is 70.4 Å². The molecule has 0 bridgehead atoms. The molecule has 158 valence electrons. The zero-order valence-electron chi connectivity index (χ0n) is 16.6. The molecule has 1 aromatic rings. The number of guanidine groups is 1. The fraction of sp³-hybridized carbons (Fsp3) is 0.684. The number of hydrogen-bond acceptors (Lipinski definition) is 5. The molecule has 1 unspecified atom stereocenters. The van der Waals surface area contributed by atoms with Gasteiger partial charge >= 0.3 is 0 Å². The quantitative estimate of drug-likeness (QED) is 0.328. The van der Waals surface area contributed by atoms with Crippen LogP contribution in [0.15, 0.2) is 23.3 Å². The number of halogens is 2. The summed E-state index contributed by atoms with van der Waals surface area (Å²) in [5.74, 6) is 1.77. The molecule has 28 heavy (non-hydrogen) atoms. The summed E-state index contributed by atoms with van der Waals surface area (Å²) in [6, 6.07) is 4.10. The number of nitrogens with zero attached hydrogens (tertiary/aromatic N) is 3. The Kier molecular flexibility index (Phi) is 9.92. The van der Waals surface area contributed by atoms with Crippen molar-refractivity contribution in [2.24, 2.45) is 4.99 Å². The second-order valence-electron chi connectivity index (χ2n) is 7.08. The van der Waals surface area contributed by atoms with Crippen LogP contribution in [0.1, 0.15) is 26.2 Å². The van der Waals surface area contributed by atoms with Crippen molar-refractivity contribution in [2.45, 2.75) is 37.0 Å². The van der Waals surface area contributed by atoms with Crippen molar-refractivity contribution in [1.82, 2.24) is 15.6 Å². The van der Waals surface area contributed by atoms with Crippen LogP contribution in [0.2, 0.25) is 5.02 Å². The number of aliphatic imine (C=N–C) groups is 1.